The van der Waals surface area contributed by atoms with Crippen LogP contribution >= 0.6 is 0 Å². The quantitative estimate of drug-likeness (QED) is 0.848. The fourth-order valence-corrected chi connectivity index (χ4v) is 3.52. The summed E-state index contributed by atoms with van der Waals surface area (Å²) in [6, 6.07) is 8.29. The number of aromatic amines is 1. The zero-order chi connectivity index (χ0) is 16.9. The molecule has 1 fully saturated rings. The molecule has 1 saturated carbocycles. The van der Waals surface area contributed by atoms with E-state index in [9.17, 15) is 9.59 Å². The molecule has 5 heteroatoms. The highest BCUT2D eigenvalue weighted by Crippen LogP contribution is 2.21. The highest BCUT2D eigenvalue weighted by atomic mass is 16.2. The Labute approximate surface area is 142 Å². The minimum Gasteiger partial charge on any atom is -0.361 e. The number of hydrogen-bond donors (Lipinski definition) is 2. The lowest BCUT2D eigenvalue weighted by atomic mass is 9.94. The number of H-pyrrole nitrogens is 1. The van der Waals surface area contributed by atoms with Gasteiger partial charge in [-0.3, -0.25) is 9.59 Å². The second kappa shape index (κ2) is 7.51. The highest BCUT2D eigenvalue weighted by Gasteiger charge is 2.26. The van der Waals surface area contributed by atoms with E-state index in [-0.39, 0.29) is 6.04 Å². The number of fused-ring (bicyclic) bond motifs is 1. The maximum absolute atomic E-state index is 12.3. The highest BCUT2D eigenvalue weighted by molar-refractivity contribution is 6.35. The molecule has 2 amide bonds. The predicted octanol–water partition coefficient (Wildman–Crippen LogP) is 2.62. The molecule has 2 N–H and O–H groups in total. The van der Waals surface area contributed by atoms with Crippen LogP contribution in [0.1, 0.15) is 37.7 Å². The summed E-state index contributed by atoms with van der Waals surface area (Å²) in [5, 5.41) is 3.93. The first-order chi connectivity index (χ1) is 11.7. The van der Waals surface area contributed by atoms with E-state index < -0.39 is 11.8 Å². The maximum atomic E-state index is 12.3. The second-order valence-electron chi connectivity index (χ2n) is 6.57. The summed E-state index contributed by atoms with van der Waals surface area (Å²) in [4.78, 5) is 29.2. The Morgan fingerprint density at radius 3 is 2.75 bits per heavy atom. The van der Waals surface area contributed by atoms with E-state index in [0.717, 1.165) is 42.1 Å². The number of nitrogens with one attached hydrogen (secondary N) is 2. The topological polar surface area (TPSA) is 65.2 Å². The molecule has 1 heterocycles. The number of carbonyl (C=O) groups excluding carboxylic acids is 2. The summed E-state index contributed by atoms with van der Waals surface area (Å²) < 4.78 is 0. The van der Waals surface area contributed by atoms with Crippen LogP contribution in [0, 0.1) is 0 Å². The molecule has 0 saturated heterocycles. The Balaban J connectivity index is 1.50. The van der Waals surface area contributed by atoms with Gasteiger partial charge in [0.25, 0.3) is 0 Å². The van der Waals surface area contributed by atoms with Gasteiger partial charge in [0.05, 0.1) is 0 Å². The van der Waals surface area contributed by atoms with Crippen molar-refractivity contribution in [2.75, 3.05) is 13.6 Å². The number of amides is 2. The largest absolute Gasteiger partial charge is 0.361 e. The third kappa shape index (κ3) is 3.61. The molecule has 5 nitrogen and oxygen atoms in total. The van der Waals surface area contributed by atoms with Crippen LogP contribution in [0.3, 0.4) is 0 Å². The van der Waals surface area contributed by atoms with E-state index in [1.54, 1.807) is 11.9 Å². The van der Waals surface area contributed by atoms with E-state index in [1.807, 2.05) is 24.4 Å². The van der Waals surface area contributed by atoms with Crippen LogP contribution in [-0.2, 0) is 16.0 Å². The number of nitrogens with zero attached hydrogens (tertiary/aromatic N) is 1. The number of carbonyl (C=O) groups is 2. The molecule has 1 aromatic carbocycles. The van der Waals surface area contributed by atoms with Gasteiger partial charge in [-0.15, -0.1) is 0 Å². The van der Waals surface area contributed by atoms with Gasteiger partial charge in [0, 0.05) is 36.7 Å². The van der Waals surface area contributed by atoms with Crippen molar-refractivity contribution >= 4 is 22.7 Å². The zero-order valence-corrected chi connectivity index (χ0v) is 14.2. The number of para-hydroxylation sites is 1. The molecule has 0 aliphatic heterocycles. The van der Waals surface area contributed by atoms with Gasteiger partial charge in [-0.1, -0.05) is 37.5 Å². The van der Waals surface area contributed by atoms with Crippen molar-refractivity contribution in [3.63, 3.8) is 0 Å². The van der Waals surface area contributed by atoms with Crippen LogP contribution in [0.2, 0.25) is 0 Å². The van der Waals surface area contributed by atoms with Crippen LogP contribution < -0.4 is 5.32 Å². The van der Waals surface area contributed by atoms with Crippen LogP contribution in [0.15, 0.2) is 30.5 Å². The molecule has 0 radical (unpaired) electrons. The minimum atomic E-state index is -0.497. The minimum absolute atomic E-state index is 0.214. The first-order valence-corrected chi connectivity index (χ1v) is 8.77. The maximum Gasteiger partial charge on any atom is 0.311 e. The molecular weight excluding hydrogens is 302 g/mol. The second-order valence-corrected chi connectivity index (χ2v) is 6.57. The normalized spacial score (nSPS) is 15.4. The predicted molar refractivity (Wildman–Crippen MR) is 94.7 cm³/mol. The lowest BCUT2D eigenvalue weighted by molar-refractivity contribution is -0.146. The van der Waals surface area contributed by atoms with Crippen molar-refractivity contribution in [1.29, 1.82) is 0 Å². The first kappa shape index (κ1) is 16.6. The number of hydrogen-bond acceptors (Lipinski definition) is 2. The van der Waals surface area contributed by atoms with Gasteiger partial charge >= 0.3 is 11.8 Å². The van der Waals surface area contributed by atoms with Crippen LogP contribution in [-0.4, -0.2) is 41.3 Å². The van der Waals surface area contributed by atoms with Crippen molar-refractivity contribution < 1.29 is 9.59 Å². The molecule has 0 atom stereocenters. The van der Waals surface area contributed by atoms with E-state index in [4.69, 9.17) is 0 Å². The van der Waals surface area contributed by atoms with Crippen molar-refractivity contribution in [2.24, 2.45) is 0 Å². The number of likely N-dealkylation sites (N-methyl/N-ethyl adjacent to an activating group) is 1. The number of aromatic nitrogens is 1. The third-order valence-electron chi connectivity index (χ3n) is 4.99. The molecule has 1 aliphatic rings. The van der Waals surface area contributed by atoms with Crippen LogP contribution in [0.4, 0.5) is 0 Å². The molecular formula is C19H25N3O2. The summed E-state index contributed by atoms with van der Waals surface area (Å²) in [6.45, 7) is 0.463. The smallest absolute Gasteiger partial charge is 0.311 e. The zero-order valence-electron chi connectivity index (χ0n) is 14.2. The SMILES string of the molecule is CN(C(=O)C(=O)NCCc1c[nH]c2ccccc12)C1CCCCC1. The molecule has 24 heavy (non-hydrogen) atoms. The van der Waals surface area contributed by atoms with Crippen LogP contribution in [0.25, 0.3) is 10.9 Å². The molecule has 0 bridgehead atoms. The lowest BCUT2D eigenvalue weighted by Crippen LogP contribution is -2.46. The van der Waals surface area contributed by atoms with Gasteiger partial charge in [-0.05, 0) is 30.9 Å². The lowest BCUT2D eigenvalue weighted by Gasteiger charge is -2.30. The fraction of sp³-hybridized carbons (Fsp3) is 0.474. The Morgan fingerprint density at radius 2 is 1.96 bits per heavy atom. The number of rotatable bonds is 4. The average Bonchev–Trinajstić information content (AvgIpc) is 3.04. The van der Waals surface area contributed by atoms with Gasteiger partial charge in [-0.2, -0.15) is 0 Å². The van der Waals surface area contributed by atoms with E-state index in [2.05, 4.69) is 16.4 Å². The molecule has 2 aromatic rings. The summed E-state index contributed by atoms with van der Waals surface area (Å²) >= 11 is 0. The number of benzene rings is 1. The molecule has 0 unspecified atom stereocenters. The standard InChI is InChI=1S/C19H25N3O2/c1-22(15-7-3-2-4-8-15)19(24)18(23)20-12-11-14-13-21-17-10-6-5-9-16(14)17/h5-6,9-10,13,15,21H,2-4,7-8,11-12H2,1H3,(H,20,23). The molecule has 0 spiro atoms. The third-order valence-corrected chi connectivity index (χ3v) is 4.99. The summed E-state index contributed by atoms with van der Waals surface area (Å²) in [7, 11) is 1.75. The van der Waals surface area contributed by atoms with Gasteiger partial charge < -0.3 is 15.2 Å². The summed E-state index contributed by atoms with van der Waals surface area (Å²) in [6.07, 6.45) is 8.20. The molecule has 1 aliphatic carbocycles. The first-order valence-electron chi connectivity index (χ1n) is 8.77. The molecule has 3 rings (SSSR count). The monoisotopic (exact) mass is 327 g/mol. The Morgan fingerprint density at radius 1 is 1.21 bits per heavy atom. The summed E-state index contributed by atoms with van der Waals surface area (Å²) in [5.41, 5.74) is 2.24. The van der Waals surface area contributed by atoms with Gasteiger partial charge in [0.15, 0.2) is 0 Å². The Bertz CT molecular complexity index is 716. The van der Waals surface area contributed by atoms with Crippen molar-refractivity contribution in [2.45, 2.75) is 44.6 Å². The van der Waals surface area contributed by atoms with Crippen molar-refractivity contribution in [1.82, 2.24) is 15.2 Å². The van der Waals surface area contributed by atoms with E-state index >= 15 is 0 Å². The van der Waals surface area contributed by atoms with Gasteiger partial charge in [0.2, 0.25) is 0 Å². The Kier molecular flexibility index (Phi) is 5.18. The van der Waals surface area contributed by atoms with Crippen LogP contribution in [0.5, 0.6) is 0 Å². The van der Waals surface area contributed by atoms with Crippen molar-refractivity contribution in [3.05, 3.63) is 36.0 Å². The molecule has 1 aromatic heterocycles. The fourth-order valence-electron chi connectivity index (χ4n) is 3.52. The van der Waals surface area contributed by atoms with E-state index in [1.165, 1.54) is 6.42 Å². The molecule has 128 valence electrons. The Hall–Kier alpha value is -2.30. The van der Waals surface area contributed by atoms with E-state index in [0.29, 0.717) is 13.0 Å². The van der Waals surface area contributed by atoms with Gasteiger partial charge in [0.1, 0.15) is 0 Å². The van der Waals surface area contributed by atoms with Crippen molar-refractivity contribution in [3.8, 4) is 0 Å². The van der Waals surface area contributed by atoms with Gasteiger partial charge in [-0.25, -0.2) is 0 Å². The average molecular weight is 327 g/mol. The summed E-state index contributed by atoms with van der Waals surface area (Å²) in [5.74, 6) is -0.913.